The van der Waals surface area contributed by atoms with Crippen molar-refractivity contribution in [1.29, 1.82) is 0 Å². The zero-order chi connectivity index (χ0) is 12.0. The Labute approximate surface area is 96.7 Å². The average Bonchev–Trinajstić information content (AvgIpc) is 2.68. The van der Waals surface area contributed by atoms with Crippen molar-refractivity contribution in [2.75, 3.05) is 6.54 Å². The van der Waals surface area contributed by atoms with Crippen LogP contribution in [0.3, 0.4) is 0 Å². The summed E-state index contributed by atoms with van der Waals surface area (Å²) in [5.74, 6) is -1.40. The Morgan fingerprint density at radius 3 is 2.88 bits per heavy atom. The molecule has 1 amide bonds. The van der Waals surface area contributed by atoms with Gasteiger partial charge in [0.05, 0.1) is 5.51 Å². The lowest BCUT2D eigenvalue weighted by molar-refractivity contribution is -0.141. The van der Waals surface area contributed by atoms with Gasteiger partial charge in [0.2, 0.25) is 5.91 Å². The minimum absolute atomic E-state index is 0.187. The topological polar surface area (TPSA) is 91.3 Å². The van der Waals surface area contributed by atoms with Crippen LogP contribution in [0.15, 0.2) is 11.7 Å². The number of carbonyl (C=O) groups is 2. The summed E-state index contributed by atoms with van der Waals surface area (Å²) in [5.41, 5.74) is 1.71. The molecule has 0 aliphatic heterocycles. The molecule has 1 heterocycles. The first-order valence-electron chi connectivity index (χ1n) is 4.67. The van der Waals surface area contributed by atoms with Crippen LogP contribution in [0.25, 0.3) is 0 Å². The Balaban J connectivity index is 2.32. The standard InChI is InChI=1S/C9H13N3O3S/c1-6(13)12-8(9(14)15)4-10-2-7-3-11-5-16-7/h3,5,8,10H,2,4H2,1H3,(H,12,13)(H,14,15). The molecule has 0 aliphatic rings. The minimum Gasteiger partial charge on any atom is -0.480 e. The van der Waals surface area contributed by atoms with Crippen LogP contribution in [-0.4, -0.2) is 34.6 Å². The molecule has 1 rings (SSSR count). The first-order valence-corrected chi connectivity index (χ1v) is 5.55. The van der Waals surface area contributed by atoms with Gasteiger partial charge in [-0.15, -0.1) is 11.3 Å². The zero-order valence-electron chi connectivity index (χ0n) is 8.77. The highest BCUT2D eigenvalue weighted by atomic mass is 32.1. The van der Waals surface area contributed by atoms with Gasteiger partial charge in [0, 0.05) is 31.1 Å². The van der Waals surface area contributed by atoms with Gasteiger partial charge in [-0.05, 0) is 0 Å². The van der Waals surface area contributed by atoms with Crippen molar-refractivity contribution < 1.29 is 14.7 Å². The van der Waals surface area contributed by atoms with E-state index in [-0.39, 0.29) is 12.5 Å². The Morgan fingerprint density at radius 1 is 1.62 bits per heavy atom. The second-order valence-electron chi connectivity index (χ2n) is 3.19. The van der Waals surface area contributed by atoms with Crippen molar-refractivity contribution in [2.24, 2.45) is 0 Å². The Morgan fingerprint density at radius 2 is 2.38 bits per heavy atom. The fraction of sp³-hybridized carbons (Fsp3) is 0.444. The van der Waals surface area contributed by atoms with E-state index in [0.717, 1.165) is 4.88 Å². The van der Waals surface area contributed by atoms with Gasteiger partial charge >= 0.3 is 5.97 Å². The van der Waals surface area contributed by atoms with E-state index in [4.69, 9.17) is 5.11 Å². The summed E-state index contributed by atoms with van der Waals surface area (Å²) < 4.78 is 0. The summed E-state index contributed by atoms with van der Waals surface area (Å²) in [5, 5.41) is 14.1. The molecular weight excluding hydrogens is 230 g/mol. The highest BCUT2D eigenvalue weighted by molar-refractivity contribution is 7.09. The van der Waals surface area contributed by atoms with E-state index in [1.165, 1.54) is 18.3 Å². The largest absolute Gasteiger partial charge is 0.480 e. The van der Waals surface area contributed by atoms with E-state index >= 15 is 0 Å². The summed E-state index contributed by atoms with van der Waals surface area (Å²) in [4.78, 5) is 26.4. The van der Waals surface area contributed by atoms with Crippen LogP contribution in [0, 0.1) is 0 Å². The molecule has 16 heavy (non-hydrogen) atoms. The third-order valence-electron chi connectivity index (χ3n) is 1.81. The smallest absolute Gasteiger partial charge is 0.327 e. The molecule has 1 atom stereocenters. The van der Waals surface area contributed by atoms with E-state index in [1.54, 1.807) is 11.7 Å². The Kier molecular flexibility index (Phi) is 4.87. The molecule has 88 valence electrons. The van der Waals surface area contributed by atoms with Gasteiger partial charge in [-0.25, -0.2) is 4.79 Å². The Hall–Kier alpha value is -1.47. The summed E-state index contributed by atoms with van der Waals surface area (Å²) in [6.07, 6.45) is 1.71. The number of amides is 1. The van der Waals surface area contributed by atoms with Crippen LogP contribution < -0.4 is 10.6 Å². The minimum atomic E-state index is -1.05. The Bertz CT molecular complexity index is 353. The molecule has 7 heteroatoms. The van der Waals surface area contributed by atoms with Crippen molar-refractivity contribution in [1.82, 2.24) is 15.6 Å². The van der Waals surface area contributed by atoms with E-state index in [2.05, 4.69) is 15.6 Å². The second kappa shape index (κ2) is 6.19. The third-order valence-corrected chi connectivity index (χ3v) is 2.59. The van der Waals surface area contributed by atoms with Gasteiger partial charge < -0.3 is 15.7 Å². The summed E-state index contributed by atoms with van der Waals surface area (Å²) >= 11 is 1.49. The maximum absolute atomic E-state index is 10.8. The molecule has 0 saturated heterocycles. The molecule has 0 aromatic carbocycles. The van der Waals surface area contributed by atoms with Crippen molar-refractivity contribution in [3.05, 3.63) is 16.6 Å². The fourth-order valence-electron chi connectivity index (χ4n) is 1.11. The number of nitrogens with zero attached hydrogens (tertiary/aromatic N) is 1. The molecule has 3 N–H and O–H groups in total. The SMILES string of the molecule is CC(=O)NC(CNCc1cncs1)C(=O)O. The average molecular weight is 243 g/mol. The number of rotatable bonds is 6. The third kappa shape index (κ3) is 4.37. The normalized spacial score (nSPS) is 12.1. The number of hydrogen-bond donors (Lipinski definition) is 3. The van der Waals surface area contributed by atoms with Crippen LogP contribution in [0.1, 0.15) is 11.8 Å². The lowest BCUT2D eigenvalue weighted by Gasteiger charge is -2.13. The number of aliphatic carboxylic acids is 1. The first kappa shape index (κ1) is 12.6. The second-order valence-corrected chi connectivity index (χ2v) is 4.16. The number of carboxylic acids is 1. The fourth-order valence-corrected chi connectivity index (χ4v) is 1.68. The lowest BCUT2D eigenvalue weighted by Crippen LogP contribution is -2.46. The van der Waals surface area contributed by atoms with Crippen molar-refractivity contribution in [2.45, 2.75) is 19.5 Å². The molecular formula is C9H13N3O3S. The summed E-state index contributed by atoms with van der Waals surface area (Å²) in [6.45, 7) is 2.03. The molecule has 0 radical (unpaired) electrons. The highest BCUT2D eigenvalue weighted by Gasteiger charge is 2.17. The summed E-state index contributed by atoms with van der Waals surface area (Å²) in [6, 6.07) is -0.898. The molecule has 0 aliphatic carbocycles. The van der Waals surface area contributed by atoms with Crippen molar-refractivity contribution >= 4 is 23.2 Å². The predicted octanol–water partition coefficient (Wildman–Crippen LogP) is -0.178. The number of carbonyl (C=O) groups excluding carboxylic acids is 1. The van der Waals surface area contributed by atoms with Crippen molar-refractivity contribution in [3.8, 4) is 0 Å². The molecule has 6 nitrogen and oxygen atoms in total. The van der Waals surface area contributed by atoms with Crippen LogP contribution in [0.5, 0.6) is 0 Å². The van der Waals surface area contributed by atoms with Crippen molar-refractivity contribution in [3.63, 3.8) is 0 Å². The van der Waals surface area contributed by atoms with Gasteiger partial charge in [-0.1, -0.05) is 0 Å². The van der Waals surface area contributed by atoms with Gasteiger partial charge in [0.15, 0.2) is 0 Å². The molecule has 0 bridgehead atoms. The predicted molar refractivity (Wildman–Crippen MR) is 59.1 cm³/mol. The highest BCUT2D eigenvalue weighted by Crippen LogP contribution is 2.03. The van der Waals surface area contributed by atoms with E-state index in [9.17, 15) is 9.59 Å². The zero-order valence-corrected chi connectivity index (χ0v) is 9.58. The molecule has 0 fully saturated rings. The van der Waals surface area contributed by atoms with Gasteiger partial charge in [-0.2, -0.15) is 0 Å². The maximum Gasteiger partial charge on any atom is 0.327 e. The molecule has 1 aromatic rings. The van der Waals surface area contributed by atoms with Crippen LogP contribution in [-0.2, 0) is 16.1 Å². The first-order chi connectivity index (χ1) is 7.59. The molecule has 1 unspecified atom stereocenters. The van der Waals surface area contributed by atoms with Crippen LogP contribution in [0.4, 0.5) is 0 Å². The maximum atomic E-state index is 10.8. The van der Waals surface area contributed by atoms with Gasteiger partial charge in [0.25, 0.3) is 0 Å². The van der Waals surface area contributed by atoms with E-state index in [0.29, 0.717) is 6.54 Å². The van der Waals surface area contributed by atoms with Gasteiger partial charge in [0.1, 0.15) is 6.04 Å². The molecule has 0 spiro atoms. The number of aromatic nitrogens is 1. The number of hydrogen-bond acceptors (Lipinski definition) is 5. The van der Waals surface area contributed by atoms with E-state index < -0.39 is 12.0 Å². The monoisotopic (exact) mass is 243 g/mol. The summed E-state index contributed by atoms with van der Waals surface area (Å²) in [7, 11) is 0. The lowest BCUT2D eigenvalue weighted by atomic mass is 10.3. The van der Waals surface area contributed by atoms with Crippen LogP contribution in [0.2, 0.25) is 0 Å². The molecule has 1 aromatic heterocycles. The number of nitrogens with one attached hydrogen (secondary N) is 2. The number of carboxylic acid groups (broad SMARTS) is 1. The quantitative estimate of drug-likeness (QED) is 0.645. The van der Waals surface area contributed by atoms with Crippen LogP contribution >= 0.6 is 11.3 Å². The van der Waals surface area contributed by atoms with E-state index in [1.807, 2.05) is 0 Å². The molecule has 0 saturated carbocycles. The number of thiazole rings is 1. The van der Waals surface area contributed by atoms with Gasteiger partial charge in [-0.3, -0.25) is 9.78 Å².